The SMILES string of the molecule is CCCNCC(=O)Nc1cc(F)c2c(c1O)C(=O)C1=C(O)[C@]3(O)C(=O)C(C(N)=O)=C(O)[C@@H](N)[C@@H]3C[C@@H]1C2. The first kappa shape index (κ1) is 26.3. The van der Waals surface area contributed by atoms with Crippen LogP contribution in [0.3, 0.4) is 0 Å². The molecule has 10 N–H and O–H groups in total. The van der Waals surface area contributed by atoms with E-state index in [2.05, 4.69) is 10.6 Å². The Labute approximate surface area is 209 Å². The Morgan fingerprint density at radius 2 is 1.92 bits per heavy atom. The highest BCUT2D eigenvalue weighted by atomic mass is 19.1. The van der Waals surface area contributed by atoms with Crippen molar-refractivity contribution in [2.45, 2.75) is 37.8 Å². The molecule has 1 aromatic carbocycles. The summed E-state index contributed by atoms with van der Waals surface area (Å²) in [4.78, 5) is 50.5. The summed E-state index contributed by atoms with van der Waals surface area (Å²) in [5, 5.41) is 48.6. The van der Waals surface area contributed by atoms with Gasteiger partial charge in [-0.05, 0) is 31.7 Å². The zero-order valence-electron chi connectivity index (χ0n) is 19.8. The van der Waals surface area contributed by atoms with Crippen molar-refractivity contribution in [1.29, 1.82) is 0 Å². The summed E-state index contributed by atoms with van der Waals surface area (Å²) in [5.74, 6) is -10.4. The van der Waals surface area contributed by atoms with Crippen LogP contribution in [0, 0.1) is 17.7 Å². The molecule has 37 heavy (non-hydrogen) atoms. The topological polar surface area (TPSA) is 225 Å². The van der Waals surface area contributed by atoms with E-state index in [1.807, 2.05) is 6.92 Å². The third kappa shape index (κ3) is 3.86. The van der Waals surface area contributed by atoms with Crippen LogP contribution >= 0.6 is 0 Å². The number of fused-ring (bicyclic) bond motifs is 3. The highest BCUT2D eigenvalue weighted by Crippen LogP contribution is 2.52. The first-order chi connectivity index (χ1) is 17.4. The molecule has 12 nitrogen and oxygen atoms in total. The number of amides is 2. The quantitative estimate of drug-likeness (QED) is 0.138. The van der Waals surface area contributed by atoms with Crippen LogP contribution in [0.1, 0.15) is 35.7 Å². The molecule has 0 aliphatic heterocycles. The van der Waals surface area contributed by atoms with Gasteiger partial charge in [0.1, 0.15) is 22.9 Å². The molecule has 13 heteroatoms. The van der Waals surface area contributed by atoms with Crippen LogP contribution in [0.15, 0.2) is 28.7 Å². The Hall–Kier alpha value is -3.81. The standard InChI is InChI=1S/C24H27FN4O8/c1-2-3-28-7-13(30)29-12-6-11(25)9-4-8-5-10-17(26)20(33)16(23(27)36)22(35)24(10,37)21(34)14(8)19(32)15(9)18(12)31/h6,8,10,17,28,31,33-34,37H,2-5,7,26H2,1H3,(H2,27,36)(H,29,30)/t8-,10-,17-,24-/m0/s1. The number of aliphatic hydroxyl groups is 3. The second-order valence-corrected chi connectivity index (χ2v) is 9.41. The van der Waals surface area contributed by atoms with E-state index in [-0.39, 0.29) is 30.6 Å². The van der Waals surface area contributed by atoms with E-state index in [4.69, 9.17) is 11.5 Å². The minimum atomic E-state index is -2.86. The van der Waals surface area contributed by atoms with Crippen LogP contribution in [0.4, 0.5) is 10.1 Å². The Morgan fingerprint density at radius 1 is 1.24 bits per heavy atom. The number of primary amides is 1. The number of phenols is 1. The summed E-state index contributed by atoms with van der Waals surface area (Å²) in [6.07, 6.45) is 0.288. The van der Waals surface area contributed by atoms with E-state index in [1.165, 1.54) is 0 Å². The number of phenolic OH excluding ortho intramolecular Hbond substituents is 1. The molecule has 0 aromatic heterocycles. The summed E-state index contributed by atoms with van der Waals surface area (Å²) in [5.41, 5.74) is 5.70. The molecule has 0 spiro atoms. The number of rotatable bonds is 6. The van der Waals surface area contributed by atoms with Crippen molar-refractivity contribution in [2.24, 2.45) is 23.3 Å². The van der Waals surface area contributed by atoms with E-state index >= 15 is 4.39 Å². The molecule has 198 valence electrons. The number of benzene rings is 1. The second-order valence-electron chi connectivity index (χ2n) is 9.41. The number of nitrogens with two attached hydrogens (primary N) is 2. The summed E-state index contributed by atoms with van der Waals surface area (Å²) in [6, 6.07) is -0.626. The van der Waals surface area contributed by atoms with Crippen molar-refractivity contribution in [1.82, 2.24) is 5.32 Å². The summed E-state index contributed by atoms with van der Waals surface area (Å²) in [6.45, 7) is 2.31. The third-order valence-corrected chi connectivity index (χ3v) is 7.19. The third-order valence-electron chi connectivity index (χ3n) is 7.19. The smallest absolute Gasteiger partial charge is 0.255 e. The normalized spacial score (nSPS) is 27.0. The second kappa shape index (κ2) is 9.25. The number of nitrogens with one attached hydrogen (secondary N) is 2. The zero-order chi connectivity index (χ0) is 27.4. The van der Waals surface area contributed by atoms with Crippen molar-refractivity contribution >= 4 is 29.1 Å². The highest BCUT2D eigenvalue weighted by Gasteiger charge is 2.62. The number of aromatic hydroxyl groups is 1. The van der Waals surface area contributed by atoms with Gasteiger partial charge in [0.15, 0.2) is 17.1 Å². The number of anilines is 1. The molecule has 3 aliphatic carbocycles. The molecule has 2 amide bonds. The number of Topliss-reactive ketones (excluding diaryl/α,β-unsaturated/α-hetero) is 2. The maximum atomic E-state index is 15.1. The lowest BCUT2D eigenvalue weighted by molar-refractivity contribution is -0.145. The molecule has 0 fully saturated rings. The van der Waals surface area contributed by atoms with E-state index < -0.39 is 86.7 Å². The van der Waals surface area contributed by atoms with Crippen molar-refractivity contribution in [3.8, 4) is 5.75 Å². The van der Waals surface area contributed by atoms with Crippen LogP contribution in [-0.4, -0.2) is 68.5 Å². The van der Waals surface area contributed by atoms with Gasteiger partial charge in [-0.3, -0.25) is 19.2 Å². The van der Waals surface area contributed by atoms with Gasteiger partial charge in [0.25, 0.3) is 5.91 Å². The molecule has 0 bridgehead atoms. The van der Waals surface area contributed by atoms with E-state index in [9.17, 15) is 39.6 Å². The molecule has 4 rings (SSSR count). The van der Waals surface area contributed by atoms with Gasteiger partial charge < -0.3 is 42.5 Å². The fraction of sp³-hybridized carbons (Fsp3) is 0.417. The molecule has 0 radical (unpaired) electrons. The van der Waals surface area contributed by atoms with Crippen LogP contribution in [0.25, 0.3) is 0 Å². The maximum absolute atomic E-state index is 15.1. The number of hydrogen-bond donors (Lipinski definition) is 8. The summed E-state index contributed by atoms with van der Waals surface area (Å²) >= 11 is 0. The number of ketones is 2. The van der Waals surface area contributed by atoms with E-state index in [1.54, 1.807) is 0 Å². The van der Waals surface area contributed by atoms with Crippen LogP contribution in [0.5, 0.6) is 5.75 Å². The predicted molar refractivity (Wildman–Crippen MR) is 126 cm³/mol. The summed E-state index contributed by atoms with van der Waals surface area (Å²) < 4.78 is 15.1. The fourth-order valence-electron chi connectivity index (χ4n) is 5.40. The molecule has 0 saturated heterocycles. The molecule has 3 aliphatic rings. The monoisotopic (exact) mass is 518 g/mol. The van der Waals surface area contributed by atoms with Crippen molar-refractivity contribution in [3.63, 3.8) is 0 Å². The highest BCUT2D eigenvalue weighted by molar-refractivity contribution is 6.25. The van der Waals surface area contributed by atoms with Gasteiger partial charge in [0.2, 0.25) is 11.7 Å². The molecule has 0 saturated carbocycles. The maximum Gasteiger partial charge on any atom is 0.255 e. The van der Waals surface area contributed by atoms with Gasteiger partial charge in [0.05, 0.1) is 23.8 Å². The predicted octanol–water partition coefficient (Wildman–Crippen LogP) is -0.405. The number of hydrogen-bond acceptors (Lipinski definition) is 10. The lowest BCUT2D eigenvalue weighted by atomic mass is 9.59. The Balaban J connectivity index is 1.80. The summed E-state index contributed by atoms with van der Waals surface area (Å²) in [7, 11) is 0. The van der Waals surface area contributed by atoms with Crippen LogP contribution in [-0.2, 0) is 20.8 Å². The average molecular weight is 518 g/mol. The van der Waals surface area contributed by atoms with Crippen LogP contribution < -0.4 is 22.1 Å². The number of allylic oxidation sites excluding steroid dienone is 1. The number of aliphatic hydroxyl groups excluding tert-OH is 2. The first-order valence-electron chi connectivity index (χ1n) is 11.6. The number of carbonyl (C=O) groups is 4. The van der Waals surface area contributed by atoms with E-state index in [0.717, 1.165) is 12.5 Å². The first-order valence-corrected chi connectivity index (χ1v) is 11.6. The van der Waals surface area contributed by atoms with Gasteiger partial charge >= 0.3 is 0 Å². The van der Waals surface area contributed by atoms with Gasteiger partial charge in [-0.25, -0.2) is 4.39 Å². The minimum absolute atomic E-state index is 0.132. The molecular formula is C24H27FN4O8. The van der Waals surface area contributed by atoms with Gasteiger partial charge in [0, 0.05) is 23.1 Å². The Kier molecular flexibility index (Phi) is 6.56. The molecule has 1 aromatic rings. The molecule has 4 atom stereocenters. The molecule has 0 heterocycles. The van der Waals surface area contributed by atoms with Crippen molar-refractivity contribution in [3.05, 3.63) is 45.7 Å². The Morgan fingerprint density at radius 3 is 2.54 bits per heavy atom. The number of halogens is 1. The lowest BCUT2D eigenvalue weighted by Crippen LogP contribution is -2.63. The number of carbonyl (C=O) groups excluding carboxylic acids is 4. The Bertz CT molecular complexity index is 1310. The van der Waals surface area contributed by atoms with Crippen molar-refractivity contribution < 1.29 is 44.0 Å². The van der Waals surface area contributed by atoms with E-state index in [0.29, 0.717) is 6.54 Å². The zero-order valence-corrected chi connectivity index (χ0v) is 19.8. The largest absolute Gasteiger partial charge is 0.510 e. The lowest BCUT2D eigenvalue weighted by Gasteiger charge is -2.47. The fourth-order valence-corrected chi connectivity index (χ4v) is 5.40. The molecule has 0 unspecified atom stereocenters. The van der Waals surface area contributed by atoms with Gasteiger partial charge in [-0.1, -0.05) is 6.92 Å². The van der Waals surface area contributed by atoms with Crippen molar-refractivity contribution in [2.75, 3.05) is 18.4 Å². The minimum Gasteiger partial charge on any atom is -0.510 e. The average Bonchev–Trinajstić information content (AvgIpc) is 2.82. The van der Waals surface area contributed by atoms with Crippen LogP contribution in [0.2, 0.25) is 0 Å². The van der Waals surface area contributed by atoms with Gasteiger partial charge in [-0.2, -0.15) is 0 Å². The van der Waals surface area contributed by atoms with Gasteiger partial charge in [-0.15, -0.1) is 0 Å². The molecular weight excluding hydrogens is 491 g/mol.